The van der Waals surface area contributed by atoms with E-state index in [0.717, 1.165) is 129 Å². The van der Waals surface area contributed by atoms with Gasteiger partial charge in [0.2, 0.25) is 31.4 Å². The molecule has 0 bridgehead atoms. The molecule has 6 atom stereocenters. The number of carbonyl (C=O) groups is 3. The van der Waals surface area contributed by atoms with E-state index in [9.17, 15) is 32.7 Å². The Hall–Kier alpha value is -11.7. The lowest BCUT2D eigenvalue weighted by molar-refractivity contribution is -0.130. The highest BCUT2D eigenvalue weighted by Crippen LogP contribution is 2.40. The molecule has 0 saturated carbocycles. The number of ether oxygens (including phenoxy) is 4. The normalized spacial score (nSPS) is 20.9. The summed E-state index contributed by atoms with van der Waals surface area (Å²) in [5.41, 5.74) is 16.1. The molecule has 0 spiro atoms. The standard InChI is InChI=1S/C34H38F3N7O2.C32H43N7O3.C31H41N7O3/c1-23-7-4-8-24-9-5-11-29(31(23)24)42-16-13-27-28(21-42)39-33(46-22-25-10-6-15-41(25)3)40-32(27)43-17-18-44(26(20-43)19-38-2)30(45)12-14-34(35,36)37;1-23-9-6-11-29(24(23)2)37-15-13-27-28(21-37)34-32(42-22-25-10-7-14-36(25)4)35-31(27)38-16-17-39(26(20-38)19-33-3)30(40)12-8-18-41-5;1-21-8-6-10-28(23(21)3)36-13-11-26-27(18-36)33-31(41-20-24-9-7-12-35(24)5)34-29(26)37-14-15-38(25(17-37)16-32-4)30(40)22(2)19-39/h4-5,7-9,11-12,14,25-26H,6,10,13,15-22H2,1,3H3;6,8-9,11-12,25-26H,7,10,13-22H2,1-2,4-5H3;6,8,10,24-25,39H,2,7,9,11-20H2,1,3,5H3/b14-12+;12-8+;/t2*25-,26-;24-,25-/m000/s1. The SMILES string of the molecule is [C-]#[N+]C[C@H]1CN(c2nc(OC[C@@H]3CCCN3C)nc3c2CCN(c2cccc(C)c2C)C3)CCN1C(=O)/C=C/COC.[C-]#[N+]C[C@H]1CN(c2nc(OC[C@@H]3CCCN3C)nc3c2CCN(c2cccc(C)c2C)C3)CCN1C(=O)C(=C)CO.[C-]#[N+]C[C@H]1CN(c2nc(OC[C@@H]3CCCN3C)nc3c2CCN(c2cccc4cccc(C)c24)C3)CCN1C(=O)/C=C/C(F)(F)F. The number of piperazine rings is 3. The van der Waals surface area contributed by atoms with Crippen LogP contribution < -0.4 is 43.6 Å². The molecule has 29 nitrogen and oxygen atoms in total. The second kappa shape index (κ2) is 42.7. The number of nitrogens with zero attached hydrogens (tertiary/aromatic N) is 21. The molecule has 0 radical (unpaired) electrons. The summed E-state index contributed by atoms with van der Waals surface area (Å²) in [5, 5.41) is 11.9. The zero-order chi connectivity index (χ0) is 91.2. The molecular weight excluding hydrogens is 1640 g/mol. The molecule has 684 valence electrons. The van der Waals surface area contributed by atoms with Crippen molar-refractivity contribution in [2.75, 3.05) is 208 Å². The van der Waals surface area contributed by atoms with E-state index >= 15 is 0 Å². The van der Waals surface area contributed by atoms with Gasteiger partial charge in [0.1, 0.15) is 55.4 Å². The van der Waals surface area contributed by atoms with Crippen LogP contribution in [0.3, 0.4) is 0 Å². The predicted octanol–water partition coefficient (Wildman–Crippen LogP) is 10.9. The zero-order valence-corrected chi connectivity index (χ0v) is 76.0. The summed E-state index contributed by atoms with van der Waals surface area (Å²) in [4.78, 5) is 104. The number of fused-ring (bicyclic) bond motifs is 4. The maximum atomic E-state index is 13.0. The van der Waals surface area contributed by atoms with Crippen LogP contribution in [-0.4, -0.2) is 304 Å². The van der Waals surface area contributed by atoms with Crippen LogP contribution in [0.4, 0.5) is 47.7 Å². The number of aliphatic hydroxyl groups excluding tert-OH is 1. The molecule has 32 heteroatoms. The maximum Gasteiger partial charge on any atom is 0.409 e. The molecule has 9 aliphatic rings. The van der Waals surface area contributed by atoms with Crippen molar-refractivity contribution in [3.05, 3.63) is 205 Å². The Labute approximate surface area is 756 Å². The average Bonchev–Trinajstić information content (AvgIpc) is 1.20. The Balaban J connectivity index is 0.000000157. The number of allylic oxidation sites excluding steroid dienone is 1. The summed E-state index contributed by atoms with van der Waals surface area (Å²) < 4.78 is 62.2. The summed E-state index contributed by atoms with van der Waals surface area (Å²) in [6.07, 6.45) is 8.18. The summed E-state index contributed by atoms with van der Waals surface area (Å²) >= 11 is 0. The molecule has 4 aromatic carbocycles. The van der Waals surface area contributed by atoms with Gasteiger partial charge in [-0.05, 0) is 185 Å². The van der Waals surface area contributed by atoms with Gasteiger partial charge in [-0.25, -0.2) is 19.7 Å². The van der Waals surface area contributed by atoms with E-state index in [1.54, 1.807) is 24.2 Å². The molecule has 0 aliphatic carbocycles. The van der Waals surface area contributed by atoms with Crippen LogP contribution in [0.5, 0.6) is 18.0 Å². The van der Waals surface area contributed by atoms with Gasteiger partial charge in [-0.2, -0.15) is 43.1 Å². The van der Waals surface area contributed by atoms with Gasteiger partial charge in [0, 0.05) is 167 Å². The lowest BCUT2D eigenvalue weighted by atomic mass is 9.99. The predicted molar refractivity (Wildman–Crippen MR) is 494 cm³/mol. The summed E-state index contributed by atoms with van der Waals surface area (Å²) in [6.45, 7) is 50.5. The topological polar surface area (TPSA) is 238 Å². The first-order valence-corrected chi connectivity index (χ1v) is 45.2. The molecule has 9 aliphatic heterocycles. The van der Waals surface area contributed by atoms with E-state index in [1.165, 1.54) is 67.7 Å². The van der Waals surface area contributed by atoms with E-state index < -0.39 is 24.7 Å². The molecule has 1 N–H and O–H groups in total. The molecule has 6 saturated heterocycles. The van der Waals surface area contributed by atoms with Gasteiger partial charge < -0.3 is 97.4 Å². The number of carbonyl (C=O) groups excluding carboxylic acids is 3. The minimum absolute atomic E-state index is 0.0268. The van der Waals surface area contributed by atoms with Crippen LogP contribution in [0, 0.1) is 54.3 Å². The van der Waals surface area contributed by atoms with Crippen LogP contribution in [0.2, 0.25) is 0 Å². The van der Waals surface area contributed by atoms with Crippen LogP contribution in [-0.2, 0) is 58.0 Å². The number of hydrogen-bond acceptors (Lipinski definition) is 23. The molecule has 3 amide bonds. The van der Waals surface area contributed by atoms with Crippen molar-refractivity contribution in [2.24, 2.45) is 0 Å². The molecule has 0 unspecified atom stereocenters. The van der Waals surface area contributed by atoms with Crippen LogP contribution in [0.25, 0.3) is 25.3 Å². The third kappa shape index (κ3) is 22.2. The van der Waals surface area contributed by atoms with Crippen molar-refractivity contribution in [3.8, 4) is 18.0 Å². The monoisotopic (exact) mass is 1770 g/mol. The lowest BCUT2D eigenvalue weighted by Crippen LogP contribution is -2.57. The van der Waals surface area contributed by atoms with Gasteiger partial charge in [0.05, 0.1) is 49.9 Å². The summed E-state index contributed by atoms with van der Waals surface area (Å²) in [5.74, 6) is 1.31. The van der Waals surface area contributed by atoms with E-state index in [2.05, 4.69) is 189 Å². The number of alkyl halides is 3. The first-order valence-electron chi connectivity index (χ1n) is 45.2. The van der Waals surface area contributed by atoms with Crippen LogP contribution in [0.1, 0.15) is 100 Å². The maximum absolute atomic E-state index is 13.0. The van der Waals surface area contributed by atoms with E-state index in [1.807, 2.05) is 9.80 Å². The molecule has 6 fully saturated rings. The van der Waals surface area contributed by atoms with Crippen molar-refractivity contribution >= 4 is 63.0 Å². The molecular formula is C97H122F3N21O8. The Kier molecular flexibility index (Phi) is 30.9. The highest BCUT2D eigenvalue weighted by Gasteiger charge is 2.41. The fraction of sp³-hybridized carbons (Fsp3) is 0.526. The number of likely N-dealkylation sites (N-methyl/N-ethyl adjacent to an activating group) is 3. The Morgan fingerprint density at radius 2 is 0.853 bits per heavy atom. The number of benzene rings is 4. The lowest BCUT2D eigenvalue weighted by Gasteiger charge is -2.41. The summed E-state index contributed by atoms with van der Waals surface area (Å²) in [7, 11) is 7.96. The highest BCUT2D eigenvalue weighted by atomic mass is 19.4. The number of aliphatic hydroxyl groups is 1. The van der Waals surface area contributed by atoms with E-state index in [4.69, 9.17) is 68.6 Å². The zero-order valence-electron chi connectivity index (χ0n) is 76.0. The van der Waals surface area contributed by atoms with Gasteiger partial charge in [0.25, 0.3) is 5.91 Å². The largest absolute Gasteiger partial charge is 0.462 e. The van der Waals surface area contributed by atoms with Crippen LogP contribution in [0.15, 0.2) is 109 Å². The molecule has 129 heavy (non-hydrogen) atoms. The Morgan fingerprint density at radius 3 is 1.24 bits per heavy atom. The van der Waals surface area contributed by atoms with Crippen LogP contribution >= 0.6 is 0 Å². The fourth-order valence-corrected chi connectivity index (χ4v) is 19.4. The number of aromatic nitrogens is 6. The number of likely N-dealkylation sites (tertiary alicyclic amines) is 3. The van der Waals surface area contributed by atoms with Gasteiger partial charge in [-0.3, -0.25) is 14.4 Å². The Bertz CT molecular complexity index is 5380. The van der Waals surface area contributed by atoms with Gasteiger partial charge >= 0.3 is 24.2 Å². The number of hydrogen-bond donors (Lipinski definition) is 1. The fourth-order valence-electron chi connectivity index (χ4n) is 19.4. The minimum atomic E-state index is -4.59. The summed E-state index contributed by atoms with van der Waals surface area (Å²) in [6, 6.07) is 26.5. The van der Waals surface area contributed by atoms with Crippen molar-refractivity contribution in [3.63, 3.8) is 0 Å². The van der Waals surface area contributed by atoms with Crippen molar-refractivity contribution in [1.29, 1.82) is 0 Å². The number of rotatable bonds is 24. The second-order valence-corrected chi connectivity index (χ2v) is 35.3. The van der Waals surface area contributed by atoms with E-state index in [-0.39, 0.29) is 74.3 Å². The van der Waals surface area contributed by atoms with Crippen molar-refractivity contribution < 1.29 is 51.6 Å². The first kappa shape index (κ1) is 93.4. The number of amides is 3. The Morgan fingerprint density at radius 1 is 0.481 bits per heavy atom. The first-order chi connectivity index (χ1) is 62.3. The second-order valence-electron chi connectivity index (χ2n) is 35.3. The van der Waals surface area contributed by atoms with Crippen molar-refractivity contribution in [1.82, 2.24) is 59.3 Å². The van der Waals surface area contributed by atoms with Gasteiger partial charge in [-0.1, -0.05) is 67.3 Å². The van der Waals surface area contributed by atoms with Gasteiger partial charge in [-0.15, -0.1) is 0 Å². The third-order valence-corrected chi connectivity index (χ3v) is 27.1. The van der Waals surface area contributed by atoms with E-state index in [0.29, 0.717) is 140 Å². The molecule has 3 aromatic heterocycles. The quantitative estimate of drug-likeness (QED) is 0.0437. The third-order valence-electron chi connectivity index (χ3n) is 27.1. The molecule has 7 aromatic rings. The highest BCUT2D eigenvalue weighted by molar-refractivity contribution is 5.97. The number of methoxy groups -OCH3 is 1. The average molecular weight is 1770 g/mol. The van der Waals surface area contributed by atoms with Crippen molar-refractivity contribution in [2.45, 2.75) is 154 Å². The number of aryl methyl sites for hydroxylation is 3. The van der Waals surface area contributed by atoms with Gasteiger partial charge in [0.15, 0.2) is 0 Å². The molecule has 16 rings (SSSR count). The molecule has 12 heterocycles. The number of anilines is 6. The number of halogens is 3. The smallest absolute Gasteiger partial charge is 0.409 e. The minimum Gasteiger partial charge on any atom is -0.462 e.